The molecule has 0 aliphatic carbocycles. The van der Waals surface area contributed by atoms with E-state index in [2.05, 4.69) is 4.98 Å². The Balaban J connectivity index is 2.23. The summed E-state index contributed by atoms with van der Waals surface area (Å²) < 4.78 is 82.7. The molecule has 0 aliphatic heterocycles. The molecule has 0 atom stereocenters. The van der Waals surface area contributed by atoms with Gasteiger partial charge in [0.05, 0.1) is 11.1 Å². The van der Waals surface area contributed by atoms with Crippen molar-refractivity contribution in [3.8, 4) is 11.3 Å². The number of nitrogens with zero attached hydrogens (tertiary/aromatic N) is 1. The number of nitrogens with two attached hydrogens (primary N) is 1. The molecule has 9 heteroatoms. The van der Waals surface area contributed by atoms with E-state index in [1.165, 1.54) is 18.3 Å². The minimum absolute atomic E-state index is 0.0122. The van der Waals surface area contributed by atoms with Gasteiger partial charge in [0, 0.05) is 17.1 Å². The monoisotopic (exact) mass is 346 g/mol. The van der Waals surface area contributed by atoms with Crippen molar-refractivity contribution in [3.63, 3.8) is 0 Å². The van der Waals surface area contributed by atoms with Gasteiger partial charge in [0.2, 0.25) is 0 Å². The Kier molecular flexibility index (Phi) is 3.47. The lowest BCUT2D eigenvalue weighted by Crippen LogP contribution is -2.11. The fourth-order valence-corrected chi connectivity index (χ4v) is 2.23. The van der Waals surface area contributed by atoms with Crippen LogP contribution in [0.5, 0.6) is 0 Å². The number of halogens is 6. The summed E-state index contributed by atoms with van der Waals surface area (Å²) in [7, 11) is 0. The number of rotatable bonds is 1. The zero-order chi connectivity index (χ0) is 17.7. The molecule has 0 saturated heterocycles. The number of fused-ring (bicyclic) bond motifs is 1. The van der Waals surface area contributed by atoms with Gasteiger partial charge in [0.25, 0.3) is 0 Å². The summed E-state index contributed by atoms with van der Waals surface area (Å²) in [6.45, 7) is 0. The number of nitrogen functional groups attached to an aromatic ring is 1. The molecule has 0 bridgehead atoms. The standard InChI is InChI=1S/C15H8F6N2O/c16-14(17,18)9-3-8(4-10(6-9)15(19,20)21)11-5-7-1-2-23-13(22)12(7)24-11/h1-6H,(H2,22,23). The number of furan rings is 1. The van der Waals surface area contributed by atoms with E-state index in [4.69, 9.17) is 10.2 Å². The van der Waals surface area contributed by atoms with Crippen molar-refractivity contribution >= 4 is 16.8 Å². The van der Waals surface area contributed by atoms with Crippen LogP contribution >= 0.6 is 0 Å². The fraction of sp³-hybridized carbons (Fsp3) is 0.133. The second-order valence-corrected chi connectivity index (χ2v) is 5.02. The van der Waals surface area contributed by atoms with Crippen LogP contribution in [0.3, 0.4) is 0 Å². The second kappa shape index (κ2) is 5.15. The lowest BCUT2D eigenvalue weighted by molar-refractivity contribution is -0.143. The third-order valence-corrected chi connectivity index (χ3v) is 3.33. The number of anilines is 1. The summed E-state index contributed by atoms with van der Waals surface area (Å²) in [5.41, 5.74) is 2.49. The first-order chi connectivity index (χ1) is 11.1. The number of hydrogen-bond acceptors (Lipinski definition) is 3. The first-order valence-electron chi connectivity index (χ1n) is 6.49. The van der Waals surface area contributed by atoms with Gasteiger partial charge in [0.15, 0.2) is 11.4 Å². The minimum atomic E-state index is -4.93. The average molecular weight is 346 g/mol. The first kappa shape index (κ1) is 16.2. The number of benzene rings is 1. The van der Waals surface area contributed by atoms with Gasteiger partial charge in [0.1, 0.15) is 5.76 Å². The maximum Gasteiger partial charge on any atom is 0.416 e. The predicted molar refractivity (Wildman–Crippen MR) is 73.9 cm³/mol. The Labute approximate surface area is 130 Å². The molecule has 0 fully saturated rings. The van der Waals surface area contributed by atoms with Crippen LogP contribution in [0.4, 0.5) is 32.2 Å². The molecule has 126 valence electrons. The molecule has 3 aromatic rings. The van der Waals surface area contributed by atoms with Crippen molar-refractivity contribution in [2.24, 2.45) is 0 Å². The zero-order valence-electron chi connectivity index (χ0n) is 11.7. The Morgan fingerprint density at radius 3 is 1.96 bits per heavy atom. The lowest BCUT2D eigenvalue weighted by Gasteiger charge is -2.13. The van der Waals surface area contributed by atoms with Gasteiger partial charge in [-0.15, -0.1) is 0 Å². The van der Waals surface area contributed by atoms with Gasteiger partial charge in [-0.3, -0.25) is 0 Å². The van der Waals surface area contributed by atoms with Gasteiger partial charge in [-0.2, -0.15) is 26.3 Å². The molecule has 2 N–H and O–H groups in total. The Morgan fingerprint density at radius 2 is 1.46 bits per heavy atom. The molecule has 24 heavy (non-hydrogen) atoms. The topological polar surface area (TPSA) is 52.0 Å². The molecule has 0 unspecified atom stereocenters. The van der Waals surface area contributed by atoms with E-state index in [1.807, 2.05) is 0 Å². The third kappa shape index (κ3) is 2.89. The van der Waals surface area contributed by atoms with E-state index in [-0.39, 0.29) is 28.8 Å². The lowest BCUT2D eigenvalue weighted by atomic mass is 10.0. The van der Waals surface area contributed by atoms with Crippen LogP contribution < -0.4 is 5.73 Å². The molecule has 0 spiro atoms. The molecule has 3 nitrogen and oxygen atoms in total. The smallest absolute Gasteiger partial charge is 0.416 e. The van der Waals surface area contributed by atoms with Crippen LogP contribution in [0.15, 0.2) is 40.9 Å². The number of aromatic nitrogens is 1. The van der Waals surface area contributed by atoms with Crippen LogP contribution in [-0.2, 0) is 12.4 Å². The van der Waals surface area contributed by atoms with Gasteiger partial charge < -0.3 is 10.2 Å². The van der Waals surface area contributed by atoms with Crippen molar-refractivity contribution in [1.29, 1.82) is 0 Å². The maximum atomic E-state index is 12.9. The molecule has 0 aliphatic rings. The molecule has 3 rings (SSSR count). The van der Waals surface area contributed by atoms with Crippen LogP contribution in [0.25, 0.3) is 22.3 Å². The van der Waals surface area contributed by atoms with Crippen LogP contribution in [0.1, 0.15) is 11.1 Å². The molecular weight excluding hydrogens is 338 g/mol. The number of hydrogen-bond donors (Lipinski definition) is 1. The highest BCUT2D eigenvalue weighted by molar-refractivity contribution is 5.89. The van der Waals surface area contributed by atoms with E-state index >= 15 is 0 Å². The minimum Gasteiger partial charge on any atom is -0.452 e. The number of alkyl halides is 6. The van der Waals surface area contributed by atoms with Crippen LogP contribution in [-0.4, -0.2) is 4.98 Å². The fourth-order valence-electron chi connectivity index (χ4n) is 2.23. The normalized spacial score (nSPS) is 12.8. The average Bonchev–Trinajstić information content (AvgIpc) is 2.90. The maximum absolute atomic E-state index is 12.9. The van der Waals surface area contributed by atoms with E-state index in [0.29, 0.717) is 17.5 Å². The molecule has 0 radical (unpaired) electrons. The zero-order valence-corrected chi connectivity index (χ0v) is 11.7. The predicted octanol–water partition coefficient (Wildman–Crippen LogP) is 5.11. The van der Waals surface area contributed by atoms with Crippen LogP contribution in [0, 0.1) is 0 Å². The van der Waals surface area contributed by atoms with Gasteiger partial charge >= 0.3 is 12.4 Å². The summed E-state index contributed by atoms with van der Waals surface area (Å²) in [5, 5.41) is 0.420. The van der Waals surface area contributed by atoms with Crippen molar-refractivity contribution in [2.75, 3.05) is 5.73 Å². The molecule has 0 amide bonds. The van der Waals surface area contributed by atoms with Crippen molar-refractivity contribution < 1.29 is 30.8 Å². The SMILES string of the molecule is Nc1nccc2cc(-c3cc(C(F)(F)F)cc(C(F)(F)F)c3)oc12. The summed E-state index contributed by atoms with van der Waals surface area (Å²) in [4.78, 5) is 3.75. The van der Waals surface area contributed by atoms with Crippen molar-refractivity contribution in [2.45, 2.75) is 12.4 Å². The third-order valence-electron chi connectivity index (χ3n) is 3.33. The van der Waals surface area contributed by atoms with Gasteiger partial charge in [-0.25, -0.2) is 4.98 Å². The highest BCUT2D eigenvalue weighted by Gasteiger charge is 2.37. The van der Waals surface area contributed by atoms with E-state index in [9.17, 15) is 26.3 Å². The first-order valence-corrected chi connectivity index (χ1v) is 6.49. The number of pyridine rings is 1. The van der Waals surface area contributed by atoms with Gasteiger partial charge in [-0.05, 0) is 30.3 Å². The molecular formula is C15H8F6N2O. The molecule has 2 heterocycles. The Bertz CT molecular complexity index is 878. The molecule has 2 aromatic heterocycles. The summed E-state index contributed by atoms with van der Waals surface area (Å²) in [6.07, 6.45) is -8.50. The summed E-state index contributed by atoms with van der Waals surface area (Å²) in [6, 6.07) is 4.04. The van der Waals surface area contributed by atoms with Crippen LogP contribution in [0.2, 0.25) is 0 Å². The van der Waals surface area contributed by atoms with E-state index in [0.717, 1.165) is 0 Å². The molecule has 1 aromatic carbocycles. The van der Waals surface area contributed by atoms with E-state index in [1.54, 1.807) is 0 Å². The second-order valence-electron chi connectivity index (χ2n) is 5.02. The highest BCUT2D eigenvalue weighted by Crippen LogP contribution is 2.39. The van der Waals surface area contributed by atoms with Crippen molar-refractivity contribution in [3.05, 3.63) is 47.7 Å². The molecule has 0 saturated carbocycles. The largest absolute Gasteiger partial charge is 0.452 e. The Morgan fingerprint density at radius 1 is 0.875 bits per heavy atom. The van der Waals surface area contributed by atoms with Gasteiger partial charge in [-0.1, -0.05) is 0 Å². The quantitative estimate of drug-likeness (QED) is 0.623. The van der Waals surface area contributed by atoms with Crippen molar-refractivity contribution in [1.82, 2.24) is 4.98 Å². The highest BCUT2D eigenvalue weighted by atomic mass is 19.4. The van der Waals surface area contributed by atoms with E-state index < -0.39 is 23.5 Å². The Hall–Kier alpha value is -2.71. The summed E-state index contributed by atoms with van der Waals surface area (Å²) >= 11 is 0. The summed E-state index contributed by atoms with van der Waals surface area (Å²) in [5.74, 6) is -0.178.